The SMILES string of the molecule is CCCC(C)(C)c1cc(-c2sc(CC(=O)N3CCC[C@H]3C(N)=O)nc2C)ccn1. The number of rotatable bonds is 7. The van der Waals surface area contributed by atoms with Crippen LogP contribution >= 0.6 is 11.3 Å². The van der Waals surface area contributed by atoms with Crippen LogP contribution < -0.4 is 5.73 Å². The first-order valence-electron chi connectivity index (χ1n) is 10.2. The smallest absolute Gasteiger partial charge is 0.240 e. The zero-order chi connectivity index (χ0) is 21.2. The molecule has 0 aliphatic carbocycles. The highest BCUT2D eigenvalue weighted by atomic mass is 32.1. The Balaban J connectivity index is 1.81. The summed E-state index contributed by atoms with van der Waals surface area (Å²) in [7, 11) is 0. The number of hydrogen-bond donors (Lipinski definition) is 1. The standard InChI is InChI=1S/C22H30N4O2S/c1-5-9-22(3,4)17-12-15(8-10-24-17)20-14(2)25-18(29-20)13-19(27)26-11-6-7-16(26)21(23)28/h8,10,12,16H,5-7,9,11,13H2,1-4H3,(H2,23,28)/t16-/m0/s1. The van der Waals surface area contributed by atoms with Crippen LogP contribution in [0, 0.1) is 6.92 Å². The molecule has 1 aliphatic heterocycles. The normalized spacial score (nSPS) is 17.0. The minimum Gasteiger partial charge on any atom is -0.368 e. The predicted octanol–water partition coefficient (Wildman–Crippen LogP) is 3.61. The minimum absolute atomic E-state index is 0.0156. The molecular weight excluding hydrogens is 384 g/mol. The highest BCUT2D eigenvalue weighted by Crippen LogP contribution is 2.34. The van der Waals surface area contributed by atoms with Gasteiger partial charge in [-0.1, -0.05) is 27.2 Å². The largest absolute Gasteiger partial charge is 0.368 e. The summed E-state index contributed by atoms with van der Waals surface area (Å²) in [5.41, 5.74) is 8.53. The van der Waals surface area contributed by atoms with Crippen molar-refractivity contribution < 1.29 is 9.59 Å². The molecule has 3 rings (SSSR count). The first-order valence-corrected chi connectivity index (χ1v) is 11.1. The van der Waals surface area contributed by atoms with Gasteiger partial charge in [-0.15, -0.1) is 11.3 Å². The van der Waals surface area contributed by atoms with Gasteiger partial charge in [-0.25, -0.2) is 4.98 Å². The number of carbonyl (C=O) groups excluding carboxylic acids is 2. The van der Waals surface area contributed by atoms with Gasteiger partial charge in [0.1, 0.15) is 11.0 Å². The Labute approximate surface area is 176 Å². The molecule has 1 aliphatic rings. The van der Waals surface area contributed by atoms with Gasteiger partial charge in [0, 0.05) is 23.9 Å². The highest BCUT2D eigenvalue weighted by molar-refractivity contribution is 7.15. The van der Waals surface area contributed by atoms with Gasteiger partial charge in [0.15, 0.2) is 0 Å². The van der Waals surface area contributed by atoms with Crippen LogP contribution in [0.25, 0.3) is 10.4 Å². The van der Waals surface area contributed by atoms with Crippen LogP contribution in [-0.2, 0) is 21.4 Å². The fourth-order valence-corrected chi connectivity index (χ4v) is 5.13. The van der Waals surface area contributed by atoms with Crippen molar-refractivity contribution in [1.82, 2.24) is 14.9 Å². The molecule has 0 aromatic carbocycles. The van der Waals surface area contributed by atoms with Gasteiger partial charge in [-0.2, -0.15) is 0 Å². The van der Waals surface area contributed by atoms with Gasteiger partial charge < -0.3 is 10.6 Å². The number of likely N-dealkylation sites (tertiary alicyclic amines) is 1. The third-order valence-electron chi connectivity index (χ3n) is 5.64. The molecule has 3 heterocycles. The number of nitrogens with two attached hydrogens (primary N) is 1. The lowest BCUT2D eigenvalue weighted by Gasteiger charge is -2.23. The summed E-state index contributed by atoms with van der Waals surface area (Å²) in [6.07, 6.45) is 5.70. The van der Waals surface area contributed by atoms with Crippen LogP contribution in [0.4, 0.5) is 0 Å². The molecule has 1 atom stereocenters. The van der Waals surface area contributed by atoms with Crippen LogP contribution in [0.15, 0.2) is 18.3 Å². The number of thiazole rings is 1. The van der Waals surface area contributed by atoms with E-state index in [1.807, 2.05) is 19.2 Å². The van der Waals surface area contributed by atoms with Crippen molar-refractivity contribution >= 4 is 23.2 Å². The molecule has 0 saturated carbocycles. The summed E-state index contributed by atoms with van der Waals surface area (Å²) < 4.78 is 0. The number of aromatic nitrogens is 2. The molecule has 2 amide bonds. The number of aryl methyl sites for hydroxylation is 1. The maximum absolute atomic E-state index is 12.7. The van der Waals surface area contributed by atoms with E-state index in [1.54, 1.807) is 4.90 Å². The van der Waals surface area contributed by atoms with E-state index in [0.717, 1.165) is 46.1 Å². The number of nitrogens with zero attached hydrogens (tertiary/aromatic N) is 3. The fourth-order valence-electron chi connectivity index (χ4n) is 4.08. The van der Waals surface area contributed by atoms with Crippen LogP contribution in [0.5, 0.6) is 0 Å². The molecule has 2 aromatic heterocycles. The van der Waals surface area contributed by atoms with Crippen molar-refractivity contribution in [2.75, 3.05) is 6.54 Å². The molecule has 6 nitrogen and oxygen atoms in total. The molecule has 2 N–H and O–H groups in total. The quantitative estimate of drug-likeness (QED) is 0.749. The van der Waals surface area contributed by atoms with E-state index in [1.165, 1.54) is 11.3 Å². The Morgan fingerprint density at radius 3 is 2.83 bits per heavy atom. The molecule has 2 aromatic rings. The van der Waals surface area contributed by atoms with Crippen molar-refractivity contribution in [2.24, 2.45) is 5.73 Å². The summed E-state index contributed by atoms with van der Waals surface area (Å²) in [6.45, 7) is 9.18. The maximum atomic E-state index is 12.7. The molecule has 156 valence electrons. The van der Waals surface area contributed by atoms with E-state index < -0.39 is 11.9 Å². The Bertz CT molecular complexity index is 906. The lowest BCUT2D eigenvalue weighted by molar-refractivity contribution is -0.136. The Hall–Kier alpha value is -2.28. The van der Waals surface area contributed by atoms with E-state index in [9.17, 15) is 9.59 Å². The summed E-state index contributed by atoms with van der Waals surface area (Å²) in [6, 6.07) is 3.67. The number of hydrogen-bond acceptors (Lipinski definition) is 5. The average Bonchev–Trinajstić information content (AvgIpc) is 3.29. The molecule has 7 heteroatoms. The highest BCUT2D eigenvalue weighted by Gasteiger charge is 2.33. The van der Waals surface area contributed by atoms with Crippen LogP contribution in [-0.4, -0.2) is 39.3 Å². The van der Waals surface area contributed by atoms with Crippen molar-refractivity contribution in [3.8, 4) is 10.4 Å². The van der Waals surface area contributed by atoms with Crippen molar-refractivity contribution in [3.05, 3.63) is 34.7 Å². The number of primary amides is 1. The van der Waals surface area contributed by atoms with Gasteiger partial charge in [0.2, 0.25) is 11.8 Å². The molecular formula is C22H30N4O2S. The molecule has 0 spiro atoms. The summed E-state index contributed by atoms with van der Waals surface area (Å²) in [5.74, 6) is -0.503. The summed E-state index contributed by atoms with van der Waals surface area (Å²) >= 11 is 1.54. The maximum Gasteiger partial charge on any atom is 0.240 e. The monoisotopic (exact) mass is 414 g/mol. The number of amides is 2. The Kier molecular flexibility index (Phi) is 6.36. The summed E-state index contributed by atoms with van der Waals surface area (Å²) in [5, 5.41) is 0.767. The molecule has 29 heavy (non-hydrogen) atoms. The molecule has 1 fully saturated rings. The molecule has 0 radical (unpaired) electrons. The molecule has 0 unspecified atom stereocenters. The second-order valence-corrected chi connectivity index (χ2v) is 9.49. The van der Waals surface area contributed by atoms with Crippen molar-refractivity contribution in [1.29, 1.82) is 0 Å². The fraction of sp³-hybridized carbons (Fsp3) is 0.545. The second kappa shape index (κ2) is 8.61. The number of pyridine rings is 1. The van der Waals surface area contributed by atoms with Gasteiger partial charge in [-0.05, 0) is 43.9 Å². The minimum atomic E-state index is -0.480. The van der Waals surface area contributed by atoms with Gasteiger partial charge >= 0.3 is 0 Å². The van der Waals surface area contributed by atoms with E-state index in [2.05, 4.69) is 36.8 Å². The van der Waals surface area contributed by atoms with Crippen molar-refractivity contribution in [3.63, 3.8) is 0 Å². The van der Waals surface area contributed by atoms with E-state index in [4.69, 9.17) is 5.73 Å². The number of carbonyl (C=O) groups is 2. The lowest BCUT2D eigenvalue weighted by Crippen LogP contribution is -2.44. The Morgan fingerprint density at radius 1 is 1.38 bits per heavy atom. The lowest BCUT2D eigenvalue weighted by atomic mass is 9.83. The van der Waals surface area contributed by atoms with Gasteiger partial charge in [0.05, 0.1) is 17.0 Å². The first-order chi connectivity index (χ1) is 13.7. The Morgan fingerprint density at radius 2 is 2.14 bits per heavy atom. The topological polar surface area (TPSA) is 89.2 Å². The second-order valence-electron chi connectivity index (χ2n) is 8.41. The molecule has 1 saturated heterocycles. The zero-order valence-electron chi connectivity index (χ0n) is 17.7. The van der Waals surface area contributed by atoms with Gasteiger partial charge in [-0.3, -0.25) is 14.6 Å². The average molecular weight is 415 g/mol. The zero-order valence-corrected chi connectivity index (χ0v) is 18.5. The third kappa shape index (κ3) is 4.66. The van der Waals surface area contributed by atoms with Crippen LogP contribution in [0.3, 0.4) is 0 Å². The van der Waals surface area contributed by atoms with E-state index in [-0.39, 0.29) is 17.7 Å². The first kappa shape index (κ1) is 21.4. The van der Waals surface area contributed by atoms with Crippen molar-refractivity contribution in [2.45, 2.75) is 71.3 Å². The van der Waals surface area contributed by atoms with Crippen LogP contribution in [0.2, 0.25) is 0 Å². The summed E-state index contributed by atoms with van der Waals surface area (Å²) in [4.78, 5) is 36.2. The third-order valence-corrected chi connectivity index (χ3v) is 6.84. The molecule has 0 bridgehead atoms. The van der Waals surface area contributed by atoms with E-state index in [0.29, 0.717) is 13.0 Å². The van der Waals surface area contributed by atoms with Gasteiger partial charge in [0.25, 0.3) is 0 Å². The van der Waals surface area contributed by atoms with Crippen LogP contribution in [0.1, 0.15) is 62.8 Å². The van der Waals surface area contributed by atoms with E-state index >= 15 is 0 Å². The predicted molar refractivity (Wildman–Crippen MR) is 116 cm³/mol.